The Labute approximate surface area is 167 Å². The summed E-state index contributed by atoms with van der Waals surface area (Å²) >= 11 is 0. The zero-order chi connectivity index (χ0) is 20.2. The fraction of sp³-hybridized carbons (Fsp3) is 0.190. The van der Waals surface area contributed by atoms with Crippen molar-refractivity contribution in [1.29, 1.82) is 0 Å². The maximum absolute atomic E-state index is 13.5. The molecule has 0 saturated heterocycles. The number of aromatic nitrogens is 4. The molecule has 8 heteroatoms. The molecule has 2 aromatic carbocycles. The predicted molar refractivity (Wildman–Crippen MR) is 108 cm³/mol. The molecular weight excluding hydrogens is 373 g/mol. The normalized spacial score (nSPS) is 10.9. The summed E-state index contributed by atoms with van der Waals surface area (Å²) in [5.74, 6) is 1.53. The fourth-order valence-electron chi connectivity index (χ4n) is 2.98. The van der Waals surface area contributed by atoms with Gasteiger partial charge in [0, 0.05) is 29.5 Å². The third-order valence-electron chi connectivity index (χ3n) is 4.51. The lowest BCUT2D eigenvalue weighted by molar-refractivity contribution is 0.280. The standard InChI is InChI=1S/C21H20FN5O2/c1-14-9-15(3-4-17(14)22)26-21-16-10-19(28-2)20(11-18(16)24-12-25-21)29-8-7-27-6-5-23-13-27/h3-6,9-13H,7-8H2,1-2H3,(H,24,25,26). The Bertz CT molecular complexity index is 1130. The van der Waals surface area contributed by atoms with Crippen LogP contribution in [0.2, 0.25) is 0 Å². The molecule has 0 amide bonds. The van der Waals surface area contributed by atoms with Crippen LogP contribution in [0.1, 0.15) is 5.56 Å². The quantitative estimate of drug-likeness (QED) is 0.509. The van der Waals surface area contributed by atoms with Crippen LogP contribution in [0.4, 0.5) is 15.9 Å². The van der Waals surface area contributed by atoms with Crippen molar-refractivity contribution in [2.45, 2.75) is 13.5 Å². The Morgan fingerprint density at radius 1 is 1.14 bits per heavy atom. The molecule has 1 N–H and O–H groups in total. The maximum Gasteiger partial charge on any atom is 0.163 e. The van der Waals surface area contributed by atoms with Crippen LogP contribution >= 0.6 is 0 Å². The molecule has 4 rings (SSSR count). The van der Waals surface area contributed by atoms with Gasteiger partial charge in [0.2, 0.25) is 0 Å². The van der Waals surface area contributed by atoms with E-state index in [4.69, 9.17) is 9.47 Å². The molecule has 2 heterocycles. The predicted octanol–water partition coefficient (Wildman–Crippen LogP) is 4.11. The maximum atomic E-state index is 13.5. The Morgan fingerprint density at radius 3 is 2.79 bits per heavy atom. The highest BCUT2D eigenvalue weighted by Crippen LogP contribution is 2.34. The lowest BCUT2D eigenvalue weighted by atomic mass is 10.2. The number of rotatable bonds is 7. The van der Waals surface area contributed by atoms with Gasteiger partial charge in [-0.3, -0.25) is 0 Å². The molecule has 0 unspecified atom stereocenters. The summed E-state index contributed by atoms with van der Waals surface area (Å²) in [6.07, 6.45) is 6.82. The van der Waals surface area contributed by atoms with Gasteiger partial charge in [-0.05, 0) is 36.8 Å². The highest BCUT2D eigenvalue weighted by atomic mass is 19.1. The number of nitrogens with one attached hydrogen (secondary N) is 1. The number of hydrogen-bond acceptors (Lipinski definition) is 6. The van der Waals surface area contributed by atoms with E-state index in [1.807, 2.05) is 22.9 Å². The topological polar surface area (TPSA) is 74.1 Å². The van der Waals surface area contributed by atoms with E-state index in [0.717, 1.165) is 11.1 Å². The van der Waals surface area contributed by atoms with Gasteiger partial charge in [-0.1, -0.05) is 0 Å². The second-order valence-corrected chi connectivity index (χ2v) is 6.48. The lowest BCUT2D eigenvalue weighted by Gasteiger charge is -2.14. The van der Waals surface area contributed by atoms with Crippen molar-refractivity contribution in [3.63, 3.8) is 0 Å². The summed E-state index contributed by atoms with van der Waals surface area (Å²) in [6.45, 7) is 2.85. The number of halogens is 1. The smallest absolute Gasteiger partial charge is 0.163 e. The van der Waals surface area contributed by atoms with Gasteiger partial charge in [-0.25, -0.2) is 19.3 Å². The summed E-state index contributed by atoms with van der Waals surface area (Å²) in [5, 5.41) is 3.99. The third kappa shape index (κ3) is 4.11. The zero-order valence-electron chi connectivity index (χ0n) is 16.1. The van der Waals surface area contributed by atoms with Crippen LogP contribution in [0.5, 0.6) is 11.5 Å². The molecule has 0 spiro atoms. The van der Waals surface area contributed by atoms with E-state index < -0.39 is 0 Å². The monoisotopic (exact) mass is 393 g/mol. The van der Waals surface area contributed by atoms with Gasteiger partial charge in [0.1, 0.15) is 24.6 Å². The van der Waals surface area contributed by atoms with Crippen LogP contribution in [0.3, 0.4) is 0 Å². The first-order valence-corrected chi connectivity index (χ1v) is 9.08. The van der Waals surface area contributed by atoms with E-state index in [-0.39, 0.29) is 5.82 Å². The molecule has 29 heavy (non-hydrogen) atoms. The van der Waals surface area contributed by atoms with Gasteiger partial charge in [-0.2, -0.15) is 0 Å². The van der Waals surface area contributed by atoms with Crippen LogP contribution in [0, 0.1) is 12.7 Å². The molecule has 7 nitrogen and oxygen atoms in total. The van der Waals surface area contributed by atoms with Crippen molar-refractivity contribution >= 4 is 22.4 Å². The largest absolute Gasteiger partial charge is 0.493 e. The zero-order valence-corrected chi connectivity index (χ0v) is 16.1. The molecule has 4 aromatic rings. The van der Waals surface area contributed by atoms with Gasteiger partial charge in [0.25, 0.3) is 0 Å². The van der Waals surface area contributed by atoms with Crippen molar-refractivity contribution in [3.05, 3.63) is 66.8 Å². The highest BCUT2D eigenvalue weighted by Gasteiger charge is 2.12. The molecule has 0 bridgehead atoms. The van der Waals surface area contributed by atoms with Crippen LogP contribution in [0.15, 0.2) is 55.4 Å². The lowest BCUT2D eigenvalue weighted by Crippen LogP contribution is -2.07. The molecule has 0 aliphatic carbocycles. The van der Waals surface area contributed by atoms with E-state index in [2.05, 4.69) is 20.3 Å². The Hall–Kier alpha value is -3.68. The molecular formula is C21H20FN5O2. The van der Waals surface area contributed by atoms with Gasteiger partial charge < -0.3 is 19.4 Å². The SMILES string of the molecule is COc1cc2c(Nc3ccc(F)c(C)c3)ncnc2cc1OCCn1ccnc1. The second kappa shape index (κ2) is 8.14. The number of anilines is 2. The number of imidazole rings is 1. The van der Waals surface area contributed by atoms with Gasteiger partial charge in [0.05, 0.1) is 25.5 Å². The van der Waals surface area contributed by atoms with Crippen molar-refractivity contribution in [3.8, 4) is 11.5 Å². The number of nitrogens with zero attached hydrogens (tertiary/aromatic N) is 4. The molecule has 0 aliphatic heterocycles. The first kappa shape index (κ1) is 18.7. The summed E-state index contributed by atoms with van der Waals surface area (Å²) in [5.41, 5.74) is 2.00. The molecule has 0 radical (unpaired) electrons. The number of ether oxygens (including phenoxy) is 2. The van der Waals surface area contributed by atoms with Crippen LogP contribution in [-0.4, -0.2) is 33.2 Å². The van der Waals surface area contributed by atoms with Gasteiger partial charge in [-0.15, -0.1) is 0 Å². The van der Waals surface area contributed by atoms with E-state index in [9.17, 15) is 4.39 Å². The molecule has 0 saturated carbocycles. The van der Waals surface area contributed by atoms with Crippen molar-refractivity contribution in [2.24, 2.45) is 0 Å². The van der Waals surface area contributed by atoms with E-state index in [1.54, 1.807) is 38.7 Å². The minimum absolute atomic E-state index is 0.248. The summed E-state index contributed by atoms with van der Waals surface area (Å²) in [4.78, 5) is 12.7. The summed E-state index contributed by atoms with van der Waals surface area (Å²) in [7, 11) is 1.59. The third-order valence-corrected chi connectivity index (χ3v) is 4.51. The van der Waals surface area contributed by atoms with E-state index >= 15 is 0 Å². The number of methoxy groups -OCH3 is 1. The number of aryl methyl sites for hydroxylation is 1. The Kier molecular flexibility index (Phi) is 5.24. The number of fused-ring (bicyclic) bond motifs is 1. The molecule has 0 aliphatic rings. The second-order valence-electron chi connectivity index (χ2n) is 6.48. The average Bonchev–Trinajstić information content (AvgIpc) is 3.24. The molecule has 148 valence electrons. The Balaban J connectivity index is 1.61. The molecule has 0 fully saturated rings. The molecule has 0 atom stereocenters. The van der Waals surface area contributed by atoms with Crippen molar-refractivity contribution in [2.75, 3.05) is 19.0 Å². The van der Waals surface area contributed by atoms with E-state index in [0.29, 0.717) is 41.5 Å². The molecule has 2 aromatic heterocycles. The number of hydrogen-bond donors (Lipinski definition) is 1. The minimum atomic E-state index is -0.248. The van der Waals surface area contributed by atoms with E-state index in [1.165, 1.54) is 12.4 Å². The van der Waals surface area contributed by atoms with Crippen LogP contribution in [-0.2, 0) is 6.54 Å². The average molecular weight is 393 g/mol. The first-order valence-electron chi connectivity index (χ1n) is 9.08. The highest BCUT2D eigenvalue weighted by molar-refractivity contribution is 5.93. The summed E-state index contributed by atoms with van der Waals surface area (Å²) in [6, 6.07) is 8.48. The fourth-order valence-corrected chi connectivity index (χ4v) is 2.98. The van der Waals surface area contributed by atoms with Crippen molar-refractivity contribution in [1.82, 2.24) is 19.5 Å². The Morgan fingerprint density at radius 2 is 2.03 bits per heavy atom. The minimum Gasteiger partial charge on any atom is -0.493 e. The van der Waals surface area contributed by atoms with Gasteiger partial charge in [0.15, 0.2) is 11.5 Å². The number of benzene rings is 2. The van der Waals surface area contributed by atoms with Crippen molar-refractivity contribution < 1.29 is 13.9 Å². The van der Waals surface area contributed by atoms with Gasteiger partial charge >= 0.3 is 0 Å². The van der Waals surface area contributed by atoms with Crippen LogP contribution in [0.25, 0.3) is 10.9 Å². The van der Waals surface area contributed by atoms with Crippen LogP contribution < -0.4 is 14.8 Å². The summed E-state index contributed by atoms with van der Waals surface area (Å²) < 4.78 is 26.9. The first-order chi connectivity index (χ1) is 14.1.